The van der Waals surface area contributed by atoms with Crippen LogP contribution in [0.1, 0.15) is 40.0 Å². The molecule has 0 aromatic heterocycles. The molecule has 12 heavy (non-hydrogen) atoms. The largest absolute Gasteiger partial charge is 0.384 e. The van der Waals surface area contributed by atoms with Gasteiger partial charge in [-0.3, -0.25) is 0 Å². The first kappa shape index (κ1) is 10.1. The highest BCUT2D eigenvalue weighted by atomic mass is 16.5. The molecule has 4 atom stereocenters. The monoisotopic (exact) mass is 168 g/mol. The molecule has 0 saturated carbocycles. The predicted octanol–water partition coefficient (Wildman–Crippen LogP) is 1.81. The molecule has 1 saturated heterocycles. The molecule has 0 radical (unpaired) electrons. The second-order valence-corrected chi connectivity index (χ2v) is 4.21. The van der Waals surface area contributed by atoms with Gasteiger partial charge >= 0.3 is 0 Å². The summed E-state index contributed by atoms with van der Waals surface area (Å²) in [5.41, 5.74) is 0. The van der Waals surface area contributed by atoms with Gasteiger partial charge in [-0.1, -0.05) is 26.7 Å². The third kappa shape index (κ3) is 2.04. The van der Waals surface area contributed by atoms with E-state index in [-0.39, 0.29) is 0 Å². The zero-order valence-corrected chi connectivity index (χ0v) is 8.84. The number of ether oxygens (including phenoxy) is 1. The average molecular weight is 168 g/mol. The van der Waals surface area contributed by atoms with Crippen LogP contribution in [-0.2, 0) is 4.74 Å². The van der Waals surface area contributed by atoms with Crippen molar-refractivity contribution in [2.75, 3.05) is 0 Å². The Balaban J connectivity index is 2.40. The van der Waals surface area contributed by atoms with Gasteiger partial charge in [-0.05, 0) is 25.2 Å². The summed E-state index contributed by atoms with van der Waals surface area (Å²) in [5.74, 6) is 1.56. The fourth-order valence-corrected chi connectivity index (χ4v) is 2.28. The van der Waals surface area contributed by atoms with E-state index in [1.165, 1.54) is 19.3 Å². The van der Waals surface area contributed by atoms with Gasteiger partial charge in [0.2, 0.25) is 0 Å². The molecule has 1 unspecified atom stereocenters. The van der Waals surface area contributed by atoms with Crippen LogP contribution in [0, 0.1) is 11.8 Å². The first-order valence-electron chi connectivity index (χ1n) is 5.32. The van der Waals surface area contributed by atoms with Gasteiger partial charge in [0.1, 0.15) is 7.85 Å². The smallest absolute Gasteiger partial charge is 0.139 e. The van der Waals surface area contributed by atoms with Gasteiger partial charge in [-0.25, -0.2) is 0 Å². The number of unbranched alkanes of at least 4 members (excludes halogenated alkanes) is 1. The maximum absolute atomic E-state index is 5.78. The van der Waals surface area contributed by atoms with Gasteiger partial charge in [0.15, 0.2) is 0 Å². The standard InChI is InChI=1S/C10H21BO/c1-4-5-6-9-7(2)8(3)12-10(9)11/h7-10H,4-6,11H2,1-3H3/t7?,8-,9-,10-/m1/s1. The third-order valence-electron chi connectivity index (χ3n) is 3.34. The zero-order valence-electron chi connectivity index (χ0n) is 8.84. The van der Waals surface area contributed by atoms with Crippen molar-refractivity contribution >= 4 is 7.85 Å². The first-order chi connectivity index (χ1) is 5.66. The summed E-state index contributed by atoms with van der Waals surface area (Å²) in [6, 6.07) is 0.488. The van der Waals surface area contributed by atoms with Crippen molar-refractivity contribution in [3.63, 3.8) is 0 Å². The van der Waals surface area contributed by atoms with Gasteiger partial charge in [0, 0.05) is 6.00 Å². The second kappa shape index (κ2) is 4.31. The highest BCUT2D eigenvalue weighted by molar-refractivity contribution is 6.11. The molecule has 1 heterocycles. The van der Waals surface area contributed by atoms with Gasteiger partial charge in [0.05, 0.1) is 6.10 Å². The van der Waals surface area contributed by atoms with Gasteiger partial charge in [0.25, 0.3) is 0 Å². The summed E-state index contributed by atoms with van der Waals surface area (Å²) in [5, 5.41) is 0. The lowest BCUT2D eigenvalue weighted by Crippen LogP contribution is -2.19. The SMILES string of the molecule is B[C@@H]1O[C@H](C)C(C)[C@H]1CCCC. The normalized spacial score (nSPS) is 41.9. The molecule has 0 spiro atoms. The lowest BCUT2D eigenvalue weighted by molar-refractivity contribution is 0.0844. The quantitative estimate of drug-likeness (QED) is 0.584. The van der Waals surface area contributed by atoms with Crippen LogP contribution in [0.25, 0.3) is 0 Å². The molecule has 1 rings (SSSR count). The Morgan fingerprint density at radius 3 is 2.42 bits per heavy atom. The predicted molar refractivity (Wildman–Crippen MR) is 55.1 cm³/mol. The van der Waals surface area contributed by atoms with Crippen LogP contribution in [0.4, 0.5) is 0 Å². The molecular formula is C10H21BO. The summed E-state index contributed by atoms with van der Waals surface area (Å²) >= 11 is 0. The number of rotatable bonds is 3. The van der Waals surface area contributed by atoms with Crippen LogP contribution in [0.2, 0.25) is 0 Å². The van der Waals surface area contributed by atoms with E-state index in [1.54, 1.807) is 0 Å². The molecule has 1 aliphatic rings. The van der Waals surface area contributed by atoms with E-state index >= 15 is 0 Å². The van der Waals surface area contributed by atoms with Crippen LogP contribution in [0.3, 0.4) is 0 Å². The summed E-state index contributed by atoms with van der Waals surface area (Å²) in [6.07, 6.45) is 4.49. The lowest BCUT2D eigenvalue weighted by atomic mass is 9.78. The van der Waals surface area contributed by atoms with Crippen LogP contribution >= 0.6 is 0 Å². The van der Waals surface area contributed by atoms with Crippen molar-refractivity contribution in [3.05, 3.63) is 0 Å². The van der Waals surface area contributed by atoms with E-state index in [9.17, 15) is 0 Å². The van der Waals surface area contributed by atoms with E-state index in [2.05, 4.69) is 28.6 Å². The number of hydrogen-bond donors (Lipinski definition) is 0. The first-order valence-corrected chi connectivity index (χ1v) is 5.32. The molecule has 0 aliphatic carbocycles. The Kier molecular flexibility index (Phi) is 3.63. The summed E-state index contributed by atoms with van der Waals surface area (Å²) in [7, 11) is 2.22. The van der Waals surface area contributed by atoms with Crippen molar-refractivity contribution < 1.29 is 4.74 Å². The molecular weight excluding hydrogens is 147 g/mol. The molecule has 0 bridgehead atoms. The summed E-state index contributed by atoms with van der Waals surface area (Å²) in [6.45, 7) is 6.79. The van der Waals surface area contributed by atoms with E-state index in [0.717, 1.165) is 11.8 Å². The number of hydrogen-bond acceptors (Lipinski definition) is 1. The molecule has 0 aromatic carbocycles. The molecule has 0 amide bonds. The van der Waals surface area contributed by atoms with Crippen LogP contribution in [-0.4, -0.2) is 20.0 Å². The Morgan fingerprint density at radius 2 is 2.00 bits per heavy atom. The van der Waals surface area contributed by atoms with Crippen molar-refractivity contribution in [3.8, 4) is 0 Å². The van der Waals surface area contributed by atoms with Crippen LogP contribution in [0.15, 0.2) is 0 Å². The molecule has 2 heteroatoms. The molecule has 1 aliphatic heterocycles. The van der Waals surface area contributed by atoms with Crippen molar-refractivity contribution in [2.24, 2.45) is 11.8 Å². The Bertz CT molecular complexity index is 138. The van der Waals surface area contributed by atoms with Crippen molar-refractivity contribution in [1.82, 2.24) is 0 Å². The topological polar surface area (TPSA) is 9.23 Å². The minimum Gasteiger partial charge on any atom is -0.384 e. The maximum Gasteiger partial charge on any atom is 0.139 e. The van der Waals surface area contributed by atoms with Gasteiger partial charge in [-0.2, -0.15) is 0 Å². The Hall–Kier alpha value is 0.0249. The van der Waals surface area contributed by atoms with Crippen LogP contribution < -0.4 is 0 Å². The van der Waals surface area contributed by atoms with Crippen LogP contribution in [0.5, 0.6) is 0 Å². The highest BCUT2D eigenvalue weighted by Gasteiger charge is 2.35. The van der Waals surface area contributed by atoms with E-state index < -0.39 is 0 Å². The second-order valence-electron chi connectivity index (χ2n) is 4.21. The van der Waals surface area contributed by atoms with Crippen molar-refractivity contribution in [2.45, 2.75) is 52.1 Å². The average Bonchev–Trinajstić information content (AvgIpc) is 2.25. The fraction of sp³-hybridized carbons (Fsp3) is 1.00. The Morgan fingerprint density at radius 1 is 1.33 bits per heavy atom. The van der Waals surface area contributed by atoms with Gasteiger partial charge in [-0.15, -0.1) is 0 Å². The third-order valence-corrected chi connectivity index (χ3v) is 3.34. The summed E-state index contributed by atoms with van der Waals surface area (Å²) < 4.78 is 5.78. The Labute approximate surface area is 77.3 Å². The van der Waals surface area contributed by atoms with Gasteiger partial charge < -0.3 is 4.74 Å². The molecule has 1 nitrogen and oxygen atoms in total. The maximum atomic E-state index is 5.78. The lowest BCUT2D eigenvalue weighted by Gasteiger charge is -2.17. The molecule has 70 valence electrons. The summed E-state index contributed by atoms with van der Waals surface area (Å²) in [4.78, 5) is 0. The molecule has 0 aromatic rings. The minimum absolute atomic E-state index is 0.474. The molecule has 0 N–H and O–H groups in total. The fourth-order valence-electron chi connectivity index (χ4n) is 2.28. The van der Waals surface area contributed by atoms with E-state index in [4.69, 9.17) is 4.74 Å². The van der Waals surface area contributed by atoms with E-state index in [0.29, 0.717) is 12.1 Å². The zero-order chi connectivity index (χ0) is 9.14. The minimum atomic E-state index is 0.474. The molecule has 1 fully saturated rings. The van der Waals surface area contributed by atoms with Crippen molar-refractivity contribution in [1.29, 1.82) is 0 Å². The highest BCUT2D eigenvalue weighted by Crippen LogP contribution is 2.34. The van der Waals surface area contributed by atoms with E-state index in [1.807, 2.05) is 0 Å².